The number of ether oxygens (including phenoxy) is 3. The van der Waals surface area contributed by atoms with Gasteiger partial charge in [-0.1, -0.05) is 30.3 Å². The lowest BCUT2D eigenvalue weighted by Gasteiger charge is -2.36. The van der Waals surface area contributed by atoms with Crippen LogP contribution in [-0.2, 0) is 30.3 Å². The Labute approximate surface area is 122 Å². The standard InChI is InChI=1S/C15H17NO5/c1-9-11-12(14(18)19-2)21-15(20-11)13(17)16(9)8-10-6-4-3-5-7-10/h3-7,9,11-12,15H,8H2,1-2H3/t9-,11+,12+,15-/m1/s1. The summed E-state index contributed by atoms with van der Waals surface area (Å²) in [5.41, 5.74) is 1.02. The van der Waals surface area contributed by atoms with Crippen molar-refractivity contribution >= 4 is 11.9 Å². The van der Waals surface area contributed by atoms with Crippen molar-refractivity contribution < 1.29 is 23.8 Å². The van der Waals surface area contributed by atoms with Gasteiger partial charge in [0, 0.05) is 6.54 Å². The van der Waals surface area contributed by atoms with Crippen LogP contribution in [0.5, 0.6) is 0 Å². The Kier molecular flexibility index (Phi) is 3.65. The Balaban J connectivity index is 1.81. The molecule has 0 radical (unpaired) electrons. The van der Waals surface area contributed by atoms with Gasteiger partial charge in [0.15, 0.2) is 6.10 Å². The van der Waals surface area contributed by atoms with Crippen LogP contribution in [-0.4, -0.2) is 48.4 Å². The number of morpholine rings is 1. The Morgan fingerprint density at radius 2 is 2.00 bits per heavy atom. The predicted molar refractivity (Wildman–Crippen MR) is 72.0 cm³/mol. The number of carbonyl (C=O) groups excluding carboxylic acids is 2. The van der Waals surface area contributed by atoms with Gasteiger partial charge in [-0.3, -0.25) is 4.79 Å². The summed E-state index contributed by atoms with van der Waals surface area (Å²) in [5, 5.41) is 0. The minimum absolute atomic E-state index is 0.256. The largest absolute Gasteiger partial charge is 0.467 e. The van der Waals surface area contributed by atoms with Gasteiger partial charge in [0.1, 0.15) is 6.10 Å². The molecule has 2 aliphatic rings. The summed E-state index contributed by atoms with van der Waals surface area (Å²) < 4.78 is 15.6. The normalized spacial score (nSPS) is 31.3. The molecule has 2 heterocycles. The summed E-state index contributed by atoms with van der Waals surface area (Å²) in [5.74, 6) is -0.766. The molecule has 2 fully saturated rings. The first kappa shape index (κ1) is 14.0. The Morgan fingerprint density at radius 3 is 2.67 bits per heavy atom. The van der Waals surface area contributed by atoms with E-state index in [9.17, 15) is 9.59 Å². The number of hydrogen-bond donors (Lipinski definition) is 0. The van der Waals surface area contributed by atoms with Crippen molar-refractivity contribution in [2.45, 2.75) is 38.0 Å². The molecule has 2 bridgehead atoms. The zero-order valence-corrected chi connectivity index (χ0v) is 11.9. The molecule has 2 saturated heterocycles. The van der Waals surface area contributed by atoms with Gasteiger partial charge < -0.3 is 19.1 Å². The highest BCUT2D eigenvalue weighted by Crippen LogP contribution is 2.32. The summed E-state index contributed by atoms with van der Waals surface area (Å²) >= 11 is 0. The molecule has 1 aromatic rings. The zero-order valence-electron chi connectivity index (χ0n) is 11.9. The number of hydrogen-bond acceptors (Lipinski definition) is 5. The number of carbonyl (C=O) groups is 2. The van der Waals surface area contributed by atoms with E-state index in [0.29, 0.717) is 6.54 Å². The molecule has 6 heteroatoms. The van der Waals surface area contributed by atoms with E-state index >= 15 is 0 Å². The average Bonchev–Trinajstić information content (AvgIpc) is 2.92. The maximum Gasteiger partial charge on any atom is 0.337 e. The number of methoxy groups -OCH3 is 1. The third-order valence-electron chi connectivity index (χ3n) is 3.93. The van der Waals surface area contributed by atoms with Crippen LogP contribution in [0, 0.1) is 0 Å². The molecular formula is C15H17NO5. The molecule has 1 aromatic carbocycles. The van der Waals surface area contributed by atoms with Crippen LogP contribution in [0.15, 0.2) is 30.3 Å². The third kappa shape index (κ3) is 2.41. The van der Waals surface area contributed by atoms with Crippen molar-refractivity contribution in [3.63, 3.8) is 0 Å². The van der Waals surface area contributed by atoms with Gasteiger partial charge >= 0.3 is 5.97 Å². The molecule has 0 aromatic heterocycles. The molecule has 3 rings (SSSR count). The molecule has 21 heavy (non-hydrogen) atoms. The number of amides is 1. The third-order valence-corrected chi connectivity index (χ3v) is 3.93. The van der Waals surface area contributed by atoms with Crippen molar-refractivity contribution in [3.05, 3.63) is 35.9 Å². The fourth-order valence-corrected chi connectivity index (χ4v) is 2.76. The van der Waals surface area contributed by atoms with Gasteiger partial charge in [-0.05, 0) is 12.5 Å². The summed E-state index contributed by atoms with van der Waals surface area (Å²) in [6.07, 6.45) is -2.36. The lowest BCUT2D eigenvalue weighted by atomic mass is 10.0. The van der Waals surface area contributed by atoms with Gasteiger partial charge in [0.25, 0.3) is 5.91 Å². The minimum Gasteiger partial charge on any atom is -0.467 e. The summed E-state index contributed by atoms with van der Waals surface area (Å²) in [6, 6.07) is 9.42. The minimum atomic E-state index is -1.01. The second kappa shape index (κ2) is 5.46. The van der Waals surface area contributed by atoms with E-state index in [-0.39, 0.29) is 11.9 Å². The first-order valence-electron chi connectivity index (χ1n) is 6.85. The maximum absolute atomic E-state index is 12.4. The van der Waals surface area contributed by atoms with Gasteiger partial charge in [-0.2, -0.15) is 0 Å². The molecule has 0 N–H and O–H groups in total. The number of nitrogens with zero attached hydrogens (tertiary/aromatic N) is 1. The summed E-state index contributed by atoms with van der Waals surface area (Å²) in [6.45, 7) is 2.32. The monoisotopic (exact) mass is 291 g/mol. The molecule has 2 aliphatic heterocycles. The number of rotatable bonds is 3. The highest BCUT2D eigenvalue weighted by Gasteiger charge is 2.54. The van der Waals surface area contributed by atoms with Gasteiger partial charge in [-0.25, -0.2) is 4.79 Å². The van der Waals surface area contributed by atoms with Gasteiger partial charge in [-0.15, -0.1) is 0 Å². The van der Waals surface area contributed by atoms with E-state index in [2.05, 4.69) is 0 Å². The molecule has 0 unspecified atom stereocenters. The lowest BCUT2D eigenvalue weighted by molar-refractivity contribution is -0.178. The van der Waals surface area contributed by atoms with Crippen LogP contribution in [0.3, 0.4) is 0 Å². The lowest BCUT2D eigenvalue weighted by Crippen LogP contribution is -2.54. The summed E-state index contributed by atoms with van der Waals surface area (Å²) in [4.78, 5) is 25.8. The number of fused-ring (bicyclic) bond motifs is 2. The van der Waals surface area contributed by atoms with Crippen LogP contribution >= 0.6 is 0 Å². The smallest absolute Gasteiger partial charge is 0.337 e. The molecule has 0 saturated carbocycles. The zero-order chi connectivity index (χ0) is 15.0. The molecule has 4 atom stereocenters. The first-order valence-corrected chi connectivity index (χ1v) is 6.85. The van der Waals surface area contributed by atoms with Crippen molar-refractivity contribution in [2.24, 2.45) is 0 Å². The molecule has 0 spiro atoms. The van der Waals surface area contributed by atoms with E-state index in [0.717, 1.165) is 5.56 Å². The van der Waals surface area contributed by atoms with Crippen molar-refractivity contribution in [1.29, 1.82) is 0 Å². The average molecular weight is 291 g/mol. The van der Waals surface area contributed by atoms with Gasteiger partial charge in [0.05, 0.1) is 13.2 Å². The second-order valence-corrected chi connectivity index (χ2v) is 5.20. The Morgan fingerprint density at radius 1 is 1.29 bits per heavy atom. The predicted octanol–water partition coefficient (Wildman–Crippen LogP) is 0.700. The highest BCUT2D eigenvalue weighted by atomic mass is 16.8. The number of benzene rings is 1. The fourth-order valence-electron chi connectivity index (χ4n) is 2.76. The quantitative estimate of drug-likeness (QED) is 0.767. The SMILES string of the molecule is COC(=O)[C@H]1O[C@H]2O[C@H]1[C@@H](C)N(Cc1ccccc1)C2=O. The molecule has 6 nitrogen and oxygen atoms in total. The Bertz CT molecular complexity index is 546. The van der Waals surface area contributed by atoms with Crippen LogP contribution in [0.4, 0.5) is 0 Å². The van der Waals surface area contributed by atoms with E-state index in [1.54, 1.807) is 4.90 Å². The van der Waals surface area contributed by atoms with Crippen molar-refractivity contribution in [2.75, 3.05) is 7.11 Å². The van der Waals surface area contributed by atoms with Crippen LogP contribution in [0.2, 0.25) is 0 Å². The highest BCUT2D eigenvalue weighted by molar-refractivity contribution is 5.84. The number of esters is 1. The molecular weight excluding hydrogens is 274 g/mol. The molecule has 0 aliphatic carbocycles. The van der Waals surface area contributed by atoms with Crippen LogP contribution < -0.4 is 0 Å². The topological polar surface area (TPSA) is 65.1 Å². The van der Waals surface area contributed by atoms with E-state index in [4.69, 9.17) is 14.2 Å². The van der Waals surface area contributed by atoms with E-state index < -0.39 is 24.5 Å². The first-order chi connectivity index (χ1) is 10.1. The molecule has 1 amide bonds. The maximum atomic E-state index is 12.4. The summed E-state index contributed by atoms with van der Waals surface area (Å²) in [7, 11) is 1.29. The van der Waals surface area contributed by atoms with Gasteiger partial charge in [0.2, 0.25) is 6.29 Å². The molecule has 112 valence electrons. The van der Waals surface area contributed by atoms with Crippen LogP contribution in [0.1, 0.15) is 12.5 Å². The van der Waals surface area contributed by atoms with Crippen LogP contribution in [0.25, 0.3) is 0 Å². The second-order valence-electron chi connectivity index (χ2n) is 5.20. The fraction of sp³-hybridized carbons (Fsp3) is 0.467. The van der Waals surface area contributed by atoms with Crippen molar-refractivity contribution in [1.82, 2.24) is 4.90 Å². The van der Waals surface area contributed by atoms with E-state index in [1.807, 2.05) is 37.3 Å². The Hall–Kier alpha value is -1.92. The van der Waals surface area contributed by atoms with Crippen molar-refractivity contribution in [3.8, 4) is 0 Å². The van der Waals surface area contributed by atoms with E-state index in [1.165, 1.54) is 7.11 Å².